The van der Waals surface area contributed by atoms with E-state index in [1.165, 1.54) is 31.4 Å². The smallest absolute Gasteiger partial charge is 0.262 e. The topological polar surface area (TPSA) is 93.7 Å². The number of anilines is 1. The van der Waals surface area contributed by atoms with Gasteiger partial charge in [-0.3, -0.25) is 4.79 Å². The van der Waals surface area contributed by atoms with E-state index in [0.717, 1.165) is 5.56 Å². The van der Waals surface area contributed by atoms with E-state index >= 15 is 0 Å². The number of rotatable bonds is 8. The normalized spacial score (nSPS) is 11.3. The number of amides is 1. The summed E-state index contributed by atoms with van der Waals surface area (Å²) in [4.78, 5) is 12.3. The van der Waals surface area contributed by atoms with Crippen LogP contribution in [0, 0.1) is 6.92 Å². The van der Waals surface area contributed by atoms with Crippen molar-refractivity contribution in [3.63, 3.8) is 0 Å². The number of carbonyl (C=O) groups excluding carboxylic acids is 1. The highest BCUT2D eigenvalue weighted by Crippen LogP contribution is 2.25. The number of hydrogen-bond donors (Lipinski definition) is 2. The molecule has 146 valence electrons. The zero-order valence-corrected chi connectivity index (χ0v) is 16.6. The van der Waals surface area contributed by atoms with Gasteiger partial charge in [-0.1, -0.05) is 6.07 Å². The molecule has 0 fully saturated rings. The van der Waals surface area contributed by atoms with E-state index in [-0.39, 0.29) is 23.5 Å². The van der Waals surface area contributed by atoms with Crippen LogP contribution in [0.3, 0.4) is 0 Å². The fraction of sp³-hybridized carbons (Fsp3) is 0.316. The van der Waals surface area contributed by atoms with Crippen molar-refractivity contribution in [1.82, 2.24) is 4.72 Å². The molecular formula is C19H24N2O5S. The minimum Gasteiger partial charge on any atom is -0.495 e. The maximum atomic E-state index is 12.1. The van der Waals surface area contributed by atoms with Gasteiger partial charge < -0.3 is 14.8 Å². The molecule has 0 saturated heterocycles. The van der Waals surface area contributed by atoms with Crippen molar-refractivity contribution in [2.45, 2.75) is 31.7 Å². The van der Waals surface area contributed by atoms with Gasteiger partial charge in [0.25, 0.3) is 5.91 Å². The minimum atomic E-state index is -3.56. The summed E-state index contributed by atoms with van der Waals surface area (Å²) in [5.74, 6) is 0.600. The number of carbonyl (C=O) groups is 1. The largest absolute Gasteiger partial charge is 0.495 e. The van der Waals surface area contributed by atoms with Gasteiger partial charge in [0.15, 0.2) is 6.61 Å². The fourth-order valence-electron chi connectivity index (χ4n) is 2.35. The molecular weight excluding hydrogens is 368 g/mol. The van der Waals surface area contributed by atoms with Crippen LogP contribution in [0.15, 0.2) is 47.4 Å². The average Bonchev–Trinajstić information content (AvgIpc) is 2.59. The van der Waals surface area contributed by atoms with Gasteiger partial charge in [-0.2, -0.15) is 0 Å². The minimum absolute atomic E-state index is 0.137. The first kappa shape index (κ1) is 20.7. The Kier molecular flexibility index (Phi) is 6.81. The Balaban J connectivity index is 1.97. The molecule has 0 heterocycles. The van der Waals surface area contributed by atoms with Gasteiger partial charge in [0.05, 0.1) is 17.7 Å². The molecule has 2 aromatic carbocycles. The van der Waals surface area contributed by atoms with Crippen molar-refractivity contribution >= 4 is 21.6 Å². The van der Waals surface area contributed by atoms with Gasteiger partial charge in [0.1, 0.15) is 11.5 Å². The van der Waals surface area contributed by atoms with Crippen LogP contribution < -0.4 is 19.5 Å². The predicted molar refractivity (Wildman–Crippen MR) is 104 cm³/mol. The molecule has 0 aromatic heterocycles. The maximum Gasteiger partial charge on any atom is 0.262 e. The van der Waals surface area contributed by atoms with Crippen molar-refractivity contribution in [1.29, 1.82) is 0 Å². The molecule has 8 heteroatoms. The average molecular weight is 392 g/mol. The lowest BCUT2D eigenvalue weighted by Gasteiger charge is -2.12. The van der Waals surface area contributed by atoms with Crippen LogP contribution in [0.1, 0.15) is 19.4 Å². The summed E-state index contributed by atoms with van der Waals surface area (Å²) in [7, 11) is -2.03. The van der Waals surface area contributed by atoms with E-state index < -0.39 is 10.0 Å². The summed E-state index contributed by atoms with van der Waals surface area (Å²) >= 11 is 0. The Bertz CT molecular complexity index is 893. The number of sulfonamides is 1. The summed E-state index contributed by atoms with van der Waals surface area (Å²) < 4.78 is 37.3. The van der Waals surface area contributed by atoms with E-state index in [2.05, 4.69) is 10.0 Å². The van der Waals surface area contributed by atoms with Gasteiger partial charge in [0.2, 0.25) is 10.0 Å². The van der Waals surface area contributed by atoms with Gasteiger partial charge in [-0.05, 0) is 62.7 Å². The van der Waals surface area contributed by atoms with Crippen LogP contribution in [0.25, 0.3) is 0 Å². The summed E-state index contributed by atoms with van der Waals surface area (Å²) in [6.07, 6.45) is 0. The van der Waals surface area contributed by atoms with Gasteiger partial charge in [-0.15, -0.1) is 0 Å². The van der Waals surface area contributed by atoms with E-state index in [4.69, 9.17) is 9.47 Å². The highest BCUT2D eigenvalue weighted by atomic mass is 32.2. The lowest BCUT2D eigenvalue weighted by molar-refractivity contribution is -0.118. The van der Waals surface area contributed by atoms with Crippen molar-refractivity contribution in [2.24, 2.45) is 0 Å². The van der Waals surface area contributed by atoms with E-state index in [1.54, 1.807) is 26.0 Å². The Morgan fingerprint density at radius 2 is 1.78 bits per heavy atom. The summed E-state index contributed by atoms with van der Waals surface area (Å²) in [6.45, 7) is 5.19. The predicted octanol–water partition coefficient (Wildman–Crippen LogP) is 2.71. The zero-order chi connectivity index (χ0) is 20.0. The van der Waals surface area contributed by atoms with E-state index in [0.29, 0.717) is 17.2 Å². The third kappa shape index (κ3) is 5.97. The molecule has 0 saturated carbocycles. The van der Waals surface area contributed by atoms with Crippen molar-refractivity contribution in [3.8, 4) is 11.5 Å². The van der Waals surface area contributed by atoms with Gasteiger partial charge >= 0.3 is 0 Å². The highest BCUT2D eigenvalue weighted by molar-refractivity contribution is 7.89. The Morgan fingerprint density at radius 3 is 2.37 bits per heavy atom. The monoisotopic (exact) mass is 392 g/mol. The third-order valence-corrected chi connectivity index (χ3v) is 5.20. The van der Waals surface area contributed by atoms with Gasteiger partial charge in [-0.25, -0.2) is 13.1 Å². The van der Waals surface area contributed by atoms with Crippen molar-refractivity contribution in [2.75, 3.05) is 19.0 Å². The van der Waals surface area contributed by atoms with Gasteiger partial charge in [0, 0.05) is 6.04 Å². The highest BCUT2D eigenvalue weighted by Gasteiger charge is 2.15. The second-order valence-corrected chi connectivity index (χ2v) is 8.00. The Morgan fingerprint density at radius 1 is 1.11 bits per heavy atom. The molecule has 2 aromatic rings. The molecule has 0 atom stereocenters. The van der Waals surface area contributed by atoms with Crippen LogP contribution in [0.2, 0.25) is 0 Å². The van der Waals surface area contributed by atoms with Crippen LogP contribution in [-0.2, 0) is 14.8 Å². The molecule has 0 radical (unpaired) electrons. The molecule has 2 rings (SSSR count). The number of nitrogens with one attached hydrogen (secondary N) is 2. The number of ether oxygens (including phenoxy) is 2. The molecule has 1 amide bonds. The van der Waals surface area contributed by atoms with Crippen LogP contribution in [0.4, 0.5) is 5.69 Å². The molecule has 2 N–H and O–H groups in total. The number of methoxy groups -OCH3 is 1. The molecule has 0 aliphatic heterocycles. The lowest BCUT2D eigenvalue weighted by atomic mass is 10.2. The first-order chi connectivity index (χ1) is 12.7. The van der Waals surface area contributed by atoms with Crippen LogP contribution in [0.5, 0.6) is 11.5 Å². The molecule has 7 nitrogen and oxygen atoms in total. The molecule has 0 aliphatic rings. The van der Waals surface area contributed by atoms with Crippen LogP contribution in [-0.4, -0.2) is 34.1 Å². The zero-order valence-electron chi connectivity index (χ0n) is 15.8. The van der Waals surface area contributed by atoms with Crippen molar-refractivity contribution in [3.05, 3.63) is 48.0 Å². The second-order valence-electron chi connectivity index (χ2n) is 6.29. The number of hydrogen-bond acceptors (Lipinski definition) is 5. The number of aryl methyl sites for hydroxylation is 1. The first-order valence-electron chi connectivity index (χ1n) is 8.41. The van der Waals surface area contributed by atoms with E-state index in [1.807, 2.05) is 13.0 Å². The standard InChI is InChI=1S/C19H24N2O5S/c1-13(2)21-27(23,24)16-8-6-15(7-9-16)26-12-19(22)20-17-11-14(3)5-10-18(17)25-4/h5-11,13,21H,12H2,1-4H3,(H,20,22). The summed E-state index contributed by atoms with van der Waals surface area (Å²) in [5.41, 5.74) is 1.55. The van der Waals surface area contributed by atoms with Crippen molar-refractivity contribution < 1.29 is 22.7 Å². The van der Waals surface area contributed by atoms with E-state index in [9.17, 15) is 13.2 Å². The Labute approximate surface area is 159 Å². The second kappa shape index (κ2) is 8.88. The molecule has 0 unspecified atom stereocenters. The molecule has 27 heavy (non-hydrogen) atoms. The Hall–Kier alpha value is -2.58. The number of benzene rings is 2. The first-order valence-corrected chi connectivity index (χ1v) is 9.89. The fourth-order valence-corrected chi connectivity index (χ4v) is 3.60. The van der Waals surface area contributed by atoms with Crippen LogP contribution >= 0.6 is 0 Å². The maximum absolute atomic E-state index is 12.1. The summed E-state index contributed by atoms with van der Waals surface area (Å²) in [6, 6.07) is 11.1. The molecule has 0 spiro atoms. The lowest BCUT2D eigenvalue weighted by Crippen LogP contribution is -2.30. The summed E-state index contributed by atoms with van der Waals surface area (Å²) in [5, 5.41) is 2.73. The molecule has 0 aliphatic carbocycles. The molecule has 0 bridgehead atoms. The third-order valence-electron chi connectivity index (χ3n) is 3.52. The quantitative estimate of drug-likeness (QED) is 0.720. The SMILES string of the molecule is COc1ccc(C)cc1NC(=O)COc1ccc(S(=O)(=O)NC(C)C)cc1.